The number of aromatic nitrogens is 1. The molecule has 7 rings (SSSR count). The Morgan fingerprint density at radius 3 is 2.52 bits per heavy atom. The fourth-order valence-electron chi connectivity index (χ4n) is 7.10. The maximum Gasteiger partial charge on any atom is 0.257 e. The Morgan fingerprint density at radius 2 is 1.86 bits per heavy atom. The van der Waals surface area contributed by atoms with Crippen molar-refractivity contribution in [2.45, 2.75) is 63.5 Å². The van der Waals surface area contributed by atoms with Crippen LogP contribution < -0.4 is 15.5 Å². The fraction of sp³-hybridized carbons (Fsp3) is 0.583. The highest BCUT2D eigenvalue weighted by atomic mass is 16.5. The normalized spacial score (nSPS) is 34.2. The Kier molecular flexibility index (Phi) is 3.69. The molecule has 5 aliphatic rings. The van der Waals surface area contributed by atoms with Gasteiger partial charge in [0.15, 0.2) is 0 Å². The van der Waals surface area contributed by atoms with Gasteiger partial charge in [0.25, 0.3) is 5.91 Å². The summed E-state index contributed by atoms with van der Waals surface area (Å²) >= 11 is 0. The van der Waals surface area contributed by atoms with Crippen molar-refractivity contribution in [2.75, 3.05) is 6.61 Å². The van der Waals surface area contributed by atoms with E-state index in [0.29, 0.717) is 12.0 Å². The molecule has 1 aliphatic heterocycles. The van der Waals surface area contributed by atoms with Crippen LogP contribution in [-0.2, 0) is 0 Å². The molecule has 1 atom stereocenters. The summed E-state index contributed by atoms with van der Waals surface area (Å²) in [5.74, 6) is 2.81. The molecule has 1 amide bonds. The van der Waals surface area contributed by atoms with E-state index in [9.17, 15) is 9.59 Å². The fourth-order valence-corrected chi connectivity index (χ4v) is 7.10. The first-order valence-electron chi connectivity index (χ1n) is 11.2. The maximum absolute atomic E-state index is 13.4. The van der Waals surface area contributed by atoms with Crippen LogP contribution in [0.2, 0.25) is 0 Å². The highest BCUT2D eigenvalue weighted by Gasteiger charge is 2.51. The molecule has 0 spiro atoms. The highest BCUT2D eigenvalue weighted by Crippen LogP contribution is 2.55. The number of nitrogens with one attached hydrogen (secondary N) is 1. The van der Waals surface area contributed by atoms with Gasteiger partial charge in [-0.05, 0) is 74.8 Å². The predicted octanol–water partition coefficient (Wildman–Crippen LogP) is 4.04. The van der Waals surface area contributed by atoms with Crippen molar-refractivity contribution < 1.29 is 9.53 Å². The highest BCUT2D eigenvalue weighted by molar-refractivity contribution is 5.98. The van der Waals surface area contributed by atoms with Crippen molar-refractivity contribution in [3.8, 4) is 5.75 Å². The molecule has 1 aromatic heterocycles. The Bertz CT molecular complexity index is 1030. The first-order valence-corrected chi connectivity index (χ1v) is 11.2. The molecule has 4 aliphatic carbocycles. The zero-order valence-corrected chi connectivity index (χ0v) is 16.9. The van der Waals surface area contributed by atoms with E-state index < -0.39 is 0 Å². The first kappa shape index (κ1) is 17.5. The van der Waals surface area contributed by atoms with Crippen molar-refractivity contribution in [2.24, 2.45) is 17.8 Å². The number of hydrogen-bond acceptors (Lipinski definition) is 3. The van der Waals surface area contributed by atoms with Gasteiger partial charge in [-0.3, -0.25) is 9.59 Å². The molecule has 0 saturated heterocycles. The molecule has 152 valence electrons. The molecule has 1 aromatic carbocycles. The molecule has 0 radical (unpaired) electrons. The Hall–Kier alpha value is -2.30. The lowest BCUT2D eigenvalue weighted by molar-refractivity contribution is -0.0167. The number of rotatable bonds is 3. The first-order chi connectivity index (χ1) is 14.0. The number of carbonyl (C=O) groups is 1. The van der Waals surface area contributed by atoms with Crippen molar-refractivity contribution in [3.63, 3.8) is 0 Å². The van der Waals surface area contributed by atoms with Crippen LogP contribution in [0, 0.1) is 17.8 Å². The van der Waals surface area contributed by atoms with Crippen LogP contribution in [0.4, 0.5) is 0 Å². The summed E-state index contributed by atoms with van der Waals surface area (Å²) in [6.45, 7) is 2.68. The van der Waals surface area contributed by atoms with Crippen molar-refractivity contribution in [1.29, 1.82) is 0 Å². The van der Waals surface area contributed by atoms with Crippen molar-refractivity contribution >= 4 is 16.8 Å². The topological polar surface area (TPSA) is 60.3 Å². The second-order valence-corrected chi connectivity index (χ2v) is 9.96. The molecule has 4 bridgehead atoms. The monoisotopic (exact) mass is 392 g/mol. The summed E-state index contributed by atoms with van der Waals surface area (Å²) in [6.07, 6.45) is 9.94. The van der Waals surface area contributed by atoms with Crippen LogP contribution in [0.25, 0.3) is 10.9 Å². The van der Waals surface area contributed by atoms with E-state index >= 15 is 0 Å². The minimum absolute atomic E-state index is 0.0930. The standard InChI is InChI=1S/C24H28N2O3/c1-2-17-13-29-20-5-3-4-18-21(20)26(17)12-19(22(18)27)23(28)25-24-9-14-6-15(10-24)8-16(7-14)11-24/h3-5,12,14-17H,2,6-11,13H2,1H3,(H,25,28)/t14?,15?,16?,17-,24?/m1/s1. The molecule has 5 heteroatoms. The SMILES string of the molecule is CC[C@@H]1COc2cccc3c(=O)c(C(=O)NC45CC6CC(CC(C6)C4)C5)cn1c23. The van der Waals surface area contributed by atoms with Gasteiger partial charge in [-0.25, -0.2) is 0 Å². The van der Waals surface area contributed by atoms with E-state index in [1.54, 1.807) is 6.20 Å². The summed E-state index contributed by atoms with van der Waals surface area (Å²) in [5, 5.41) is 3.96. The number of amides is 1. The van der Waals surface area contributed by atoms with E-state index in [4.69, 9.17) is 4.74 Å². The van der Waals surface area contributed by atoms with Crippen molar-refractivity contribution in [3.05, 3.63) is 40.2 Å². The van der Waals surface area contributed by atoms with Crippen molar-refractivity contribution in [1.82, 2.24) is 9.88 Å². The predicted molar refractivity (Wildman–Crippen MR) is 111 cm³/mol. The number of para-hydroxylation sites is 1. The van der Waals surface area contributed by atoms with Crippen LogP contribution in [0.5, 0.6) is 5.75 Å². The van der Waals surface area contributed by atoms with Crippen LogP contribution in [0.15, 0.2) is 29.2 Å². The number of benzene rings is 1. The lowest BCUT2D eigenvalue weighted by Crippen LogP contribution is -2.60. The van der Waals surface area contributed by atoms with E-state index in [1.165, 1.54) is 19.3 Å². The average Bonchev–Trinajstić information content (AvgIpc) is 2.69. The van der Waals surface area contributed by atoms with Crippen LogP contribution in [0.1, 0.15) is 68.3 Å². The smallest absolute Gasteiger partial charge is 0.257 e. The molecule has 5 nitrogen and oxygen atoms in total. The van der Waals surface area contributed by atoms with Crippen LogP contribution in [-0.4, -0.2) is 22.6 Å². The van der Waals surface area contributed by atoms with Gasteiger partial charge in [-0.15, -0.1) is 0 Å². The summed E-state index contributed by atoms with van der Waals surface area (Å²) in [5.41, 5.74) is 0.831. The number of nitrogens with zero attached hydrogens (tertiary/aromatic N) is 1. The molecule has 1 N–H and O–H groups in total. The van der Waals surface area contributed by atoms with Gasteiger partial charge < -0.3 is 14.6 Å². The minimum Gasteiger partial charge on any atom is -0.489 e. The molecule has 29 heavy (non-hydrogen) atoms. The largest absolute Gasteiger partial charge is 0.489 e. The maximum atomic E-state index is 13.4. The molecule has 4 fully saturated rings. The second kappa shape index (κ2) is 6.10. The Morgan fingerprint density at radius 1 is 1.17 bits per heavy atom. The van der Waals surface area contributed by atoms with Gasteiger partial charge >= 0.3 is 0 Å². The third kappa shape index (κ3) is 2.59. The average molecular weight is 392 g/mol. The van der Waals surface area contributed by atoms with E-state index in [2.05, 4.69) is 16.8 Å². The Labute approximate surface area is 170 Å². The number of carbonyl (C=O) groups excluding carboxylic acids is 1. The number of ether oxygens (including phenoxy) is 1. The van der Waals surface area contributed by atoms with E-state index in [1.807, 2.05) is 18.2 Å². The zero-order valence-electron chi connectivity index (χ0n) is 16.9. The van der Waals surface area contributed by atoms with Gasteiger partial charge in [-0.1, -0.05) is 13.0 Å². The molecule has 0 unspecified atom stereocenters. The van der Waals surface area contributed by atoms with Crippen LogP contribution in [0.3, 0.4) is 0 Å². The number of hydrogen-bond donors (Lipinski definition) is 1. The molecule has 2 heterocycles. The Balaban J connectivity index is 1.41. The third-order valence-corrected chi connectivity index (χ3v) is 7.97. The van der Waals surface area contributed by atoms with E-state index in [0.717, 1.165) is 54.7 Å². The summed E-state index contributed by atoms with van der Waals surface area (Å²) in [4.78, 5) is 26.7. The lowest BCUT2D eigenvalue weighted by atomic mass is 9.53. The van der Waals surface area contributed by atoms with Gasteiger partial charge in [0.1, 0.15) is 17.9 Å². The van der Waals surface area contributed by atoms with Gasteiger partial charge in [0, 0.05) is 11.7 Å². The molecule has 2 aromatic rings. The zero-order chi connectivity index (χ0) is 19.8. The molecule has 4 saturated carbocycles. The van der Waals surface area contributed by atoms with E-state index in [-0.39, 0.29) is 28.5 Å². The lowest BCUT2D eigenvalue weighted by Gasteiger charge is -2.56. The molecular weight excluding hydrogens is 364 g/mol. The molecular formula is C24H28N2O3. The van der Waals surface area contributed by atoms with Gasteiger partial charge in [0.2, 0.25) is 5.43 Å². The third-order valence-electron chi connectivity index (χ3n) is 7.97. The van der Waals surface area contributed by atoms with Gasteiger partial charge in [-0.2, -0.15) is 0 Å². The number of pyridine rings is 1. The second-order valence-electron chi connectivity index (χ2n) is 9.96. The summed E-state index contributed by atoms with van der Waals surface area (Å²) < 4.78 is 7.99. The van der Waals surface area contributed by atoms with Gasteiger partial charge in [0.05, 0.1) is 16.9 Å². The minimum atomic E-state index is -0.186. The quantitative estimate of drug-likeness (QED) is 0.857. The van der Waals surface area contributed by atoms with Crippen LogP contribution >= 0.6 is 0 Å². The summed E-state index contributed by atoms with van der Waals surface area (Å²) in [7, 11) is 0. The summed E-state index contributed by atoms with van der Waals surface area (Å²) in [6, 6.07) is 5.70.